The summed E-state index contributed by atoms with van der Waals surface area (Å²) < 4.78 is 4.35. The average molecular weight is 492 g/mol. The van der Waals surface area contributed by atoms with Crippen molar-refractivity contribution in [3.05, 3.63) is 47.8 Å². The number of carbonyl (C=O) groups excluding carboxylic acids is 2. The molecule has 0 bridgehead atoms. The quantitative estimate of drug-likeness (QED) is 0.0931. The molecule has 2 aliphatic heterocycles. The van der Waals surface area contributed by atoms with Crippen molar-refractivity contribution in [3.8, 4) is 0 Å². The summed E-state index contributed by atoms with van der Waals surface area (Å²) in [5.74, 6) is 0.653. The molecule has 2 amide bonds. The number of carbonyl (C=O) groups is 2. The molecule has 0 unspecified atom stereocenters. The van der Waals surface area contributed by atoms with Crippen molar-refractivity contribution >= 4 is 52.6 Å². The lowest BCUT2D eigenvalue weighted by molar-refractivity contribution is -0.777. The van der Waals surface area contributed by atoms with Gasteiger partial charge in [0.25, 0.3) is 11.8 Å². The minimum Gasteiger partial charge on any atom is -0.691 e. The number of hydrogen-bond acceptors (Lipinski definition) is 9. The highest BCUT2D eigenvalue weighted by Crippen LogP contribution is 2.41. The second-order valence-electron chi connectivity index (χ2n) is 7.18. The Morgan fingerprint density at radius 1 is 0.939 bits per heavy atom. The van der Waals surface area contributed by atoms with Gasteiger partial charge in [0.05, 0.1) is 11.4 Å². The molecule has 33 heavy (non-hydrogen) atoms. The third-order valence-corrected chi connectivity index (χ3v) is 6.51. The van der Waals surface area contributed by atoms with E-state index < -0.39 is 0 Å². The first-order chi connectivity index (χ1) is 16.0. The van der Waals surface area contributed by atoms with Gasteiger partial charge in [-0.1, -0.05) is 12.1 Å². The van der Waals surface area contributed by atoms with Gasteiger partial charge in [-0.25, -0.2) is 0 Å². The lowest BCUT2D eigenvalue weighted by Gasteiger charge is -2.35. The van der Waals surface area contributed by atoms with E-state index in [0.717, 1.165) is 29.2 Å². The number of anilines is 2. The summed E-state index contributed by atoms with van der Waals surface area (Å²) >= 11 is 6.29. The van der Waals surface area contributed by atoms with Crippen molar-refractivity contribution in [3.63, 3.8) is 0 Å². The van der Waals surface area contributed by atoms with Crippen molar-refractivity contribution < 1.29 is 24.2 Å². The predicted molar refractivity (Wildman–Crippen MR) is 130 cm³/mol. The number of rotatable bonds is 10. The van der Waals surface area contributed by atoms with Gasteiger partial charge >= 0.3 is 0 Å². The first kappa shape index (κ1) is 25.2. The highest BCUT2D eigenvalue weighted by molar-refractivity contribution is 7.94. The van der Waals surface area contributed by atoms with Crippen LogP contribution in [0.3, 0.4) is 0 Å². The Morgan fingerprint density at radius 2 is 1.52 bits per heavy atom. The Bertz CT molecular complexity index is 940. The molecule has 0 saturated carbocycles. The molecule has 0 N–H and O–H groups in total. The predicted octanol–water partition coefficient (Wildman–Crippen LogP) is 2.36. The van der Waals surface area contributed by atoms with E-state index in [1.54, 1.807) is 6.08 Å². The van der Waals surface area contributed by atoms with E-state index in [1.807, 2.05) is 51.1 Å². The topological polar surface area (TPSA) is 88.6 Å². The van der Waals surface area contributed by atoms with Crippen molar-refractivity contribution in [2.24, 2.45) is 0 Å². The number of thiocarbonyl (C=S) groups is 1. The summed E-state index contributed by atoms with van der Waals surface area (Å²) in [6.45, 7) is 7.84. The zero-order valence-electron chi connectivity index (χ0n) is 18.9. The molecule has 0 spiro atoms. The summed E-state index contributed by atoms with van der Waals surface area (Å²) in [7, 11) is 0. The number of para-hydroxylation sites is 2. The first-order valence-corrected chi connectivity index (χ1v) is 12.1. The van der Waals surface area contributed by atoms with E-state index in [-0.39, 0.29) is 22.5 Å². The van der Waals surface area contributed by atoms with Crippen LogP contribution < -0.4 is 15.1 Å². The van der Waals surface area contributed by atoms with Crippen LogP contribution in [0.1, 0.15) is 27.2 Å². The summed E-state index contributed by atoms with van der Waals surface area (Å²) in [5, 5.41) is 13.6. The molecule has 1 saturated heterocycles. The fourth-order valence-electron chi connectivity index (χ4n) is 3.96. The third-order valence-electron chi connectivity index (χ3n) is 5.46. The molecule has 178 valence electrons. The van der Waals surface area contributed by atoms with Gasteiger partial charge in [0.1, 0.15) is 11.4 Å². The van der Waals surface area contributed by atoms with Crippen molar-refractivity contribution in [1.29, 1.82) is 0 Å². The summed E-state index contributed by atoms with van der Waals surface area (Å²) in [6, 6.07) is 8.01. The van der Waals surface area contributed by atoms with Crippen LogP contribution in [-0.4, -0.2) is 58.7 Å². The van der Waals surface area contributed by atoms with Crippen LogP contribution in [0.2, 0.25) is 0 Å². The number of likely N-dealkylation sites (N-methyl/N-ethyl adjacent to an activating group) is 2. The average Bonchev–Trinajstić information content (AvgIpc) is 3.12. The minimum absolute atomic E-state index is 0.0864. The molecule has 0 aromatic heterocycles. The number of benzene rings is 1. The third kappa shape index (κ3) is 5.07. The molecule has 3 rings (SSSR count). The van der Waals surface area contributed by atoms with E-state index in [4.69, 9.17) is 12.2 Å². The highest BCUT2D eigenvalue weighted by Gasteiger charge is 2.38. The van der Waals surface area contributed by atoms with E-state index in [9.17, 15) is 14.8 Å². The number of nitrogens with zero attached hydrogens (tertiary/aromatic N) is 4. The molecule has 1 aromatic carbocycles. The molecule has 2 aliphatic rings. The molecular weight excluding hydrogens is 464 g/mol. The van der Waals surface area contributed by atoms with Crippen LogP contribution in [-0.2, 0) is 19.0 Å². The van der Waals surface area contributed by atoms with E-state index in [2.05, 4.69) is 19.2 Å². The van der Waals surface area contributed by atoms with Gasteiger partial charge in [0, 0.05) is 44.0 Å². The number of allylic oxidation sites excluding steroid dienone is 2. The molecule has 1 fully saturated rings. The van der Waals surface area contributed by atoms with Crippen LogP contribution in [0.25, 0.3) is 0 Å². The van der Waals surface area contributed by atoms with E-state index >= 15 is 0 Å². The van der Waals surface area contributed by atoms with Gasteiger partial charge in [-0.05, 0) is 63.7 Å². The number of hydrogen-bond donors (Lipinski definition) is 0. The fraction of sp³-hybridized carbons (Fsp3) is 0.409. The van der Waals surface area contributed by atoms with Gasteiger partial charge in [-0.3, -0.25) is 24.4 Å². The van der Waals surface area contributed by atoms with Gasteiger partial charge in [0.15, 0.2) is 5.11 Å². The molecule has 0 radical (unpaired) electrons. The highest BCUT2D eigenvalue weighted by atomic mass is 32.2. The summed E-state index contributed by atoms with van der Waals surface area (Å²) in [5.41, 5.74) is 2.16. The zero-order chi connectivity index (χ0) is 24.0. The maximum atomic E-state index is 13.0. The van der Waals surface area contributed by atoms with Crippen LogP contribution in [0.15, 0.2) is 47.8 Å². The van der Waals surface area contributed by atoms with E-state index in [0.29, 0.717) is 38.4 Å². The maximum Gasteiger partial charge on any atom is 0.265 e. The van der Waals surface area contributed by atoms with Crippen molar-refractivity contribution in [1.82, 2.24) is 9.80 Å². The van der Waals surface area contributed by atoms with Crippen LogP contribution >= 0.6 is 24.3 Å². The molecular formula is C22H27N4O5S2-. The zero-order valence-corrected chi connectivity index (χ0v) is 20.5. The molecule has 9 nitrogen and oxygen atoms in total. The van der Waals surface area contributed by atoms with Gasteiger partial charge in [-0.15, -0.1) is 0 Å². The minimum atomic E-state index is -0.384. The Balaban J connectivity index is 1.95. The number of amides is 2. The standard InChI is InChI=1S/C22H28N4O5S2/c1-4-23-17-10-7-8-11-18(17)26(14-9-15-33-31-30-29)19(23)13-12-16-20(27)24(5-2)22(32)25(6-3)21(16)28/h7-8,10-13,29H,4-6,9,14-15H2,1-3H3/p-1/b19-13+. The van der Waals surface area contributed by atoms with Crippen molar-refractivity contribution in [2.45, 2.75) is 27.2 Å². The molecule has 1 aromatic rings. The molecule has 2 heterocycles. The monoisotopic (exact) mass is 491 g/mol. The molecule has 11 heteroatoms. The largest absolute Gasteiger partial charge is 0.691 e. The summed E-state index contributed by atoms with van der Waals surface area (Å²) in [6.07, 6.45) is 4.13. The fourth-order valence-corrected chi connectivity index (χ4v) is 4.73. The lowest BCUT2D eigenvalue weighted by Crippen LogP contribution is -2.55. The van der Waals surface area contributed by atoms with E-state index in [1.165, 1.54) is 9.80 Å². The Kier molecular flexibility index (Phi) is 8.87. The molecule has 0 aliphatic carbocycles. The van der Waals surface area contributed by atoms with Crippen molar-refractivity contribution in [2.75, 3.05) is 41.7 Å². The SMILES string of the molecule is CCN1C(=O)C(=C/C=C2\N(CC)c3ccccc3N2CCCSOO[O-])C(=O)N(CC)C1=S. The first-order valence-electron chi connectivity index (χ1n) is 10.8. The van der Waals surface area contributed by atoms with Crippen LogP contribution in [0.4, 0.5) is 11.4 Å². The Labute approximate surface area is 203 Å². The van der Waals surface area contributed by atoms with Crippen LogP contribution in [0.5, 0.6) is 0 Å². The van der Waals surface area contributed by atoms with Crippen LogP contribution in [0, 0.1) is 0 Å². The van der Waals surface area contributed by atoms with Gasteiger partial charge in [0.2, 0.25) is 0 Å². The smallest absolute Gasteiger partial charge is 0.265 e. The summed E-state index contributed by atoms with van der Waals surface area (Å²) in [4.78, 5) is 33.1. The Hall–Kier alpha value is -2.44. The lowest BCUT2D eigenvalue weighted by atomic mass is 10.1. The van der Waals surface area contributed by atoms with Gasteiger partial charge in [-0.2, -0.15) is 4.33 Å². The van der Waals surface area contributed by atoms with Gasteiger partial charge < -0.3 is 15.1 Å². The number of fused-ring (bicyclic) bond motifs is 1. The Morgan fingerprint density at radius 3 is 2.06 bits per heavy atom. The second-order valence-corrected chi connectivity index (χ2v) is 8.33. The normalized spacial score (nSPS) is 17.5. The molecule has 0 atom stereocenters. The second kappa shape index (κ2) is 11.6. The maximum absolute atomic E-state index is 13.0.